The highest BCUT2D eigenvalue weighted by molar-refractivity contribution is 8.00. The molecule has 0 aliphatic rings. The van der Waals surface area contributed by atoms with Gasteiger partial charge in [0.05, 0.1) is 16.4 Å². The van der Waals surface area contributed by atoms with Gasteiger partial charge in [0.15, 0.2) is 0 Å². The molecular formula is C20H17N3O4S. The van der Waals surface area contributed by atoms with E-state index < -0.39 is 4.92 Å². The molecular weight excluding hydrogens is 378 g/mol. The number of non-ortho nitro benzene ring substituents is 1. The SMILES string of the molecule is C[C@@H](Sc1ccccc1)C(=O)N/N=C\c1ccc(-c2ccc([N+](=O)[O-])cc2)o1. The van der Waals surface area contributed by atoms with Crippen molar-refractivity contribution in [2.75, 3.05) is 0 Å². The summed E-state index contributed by atoms with van der Waals surface area (Å²) in [5.41, 5.74) is 3.22. The van der Waals surface area contributed by atoms with Crippen molar-refractivity contribution in [3.63, 3.8) is 0 Å². The second-order valence-electron chi connectivity index (χ2n) is 5.81. The first kappa shape index (κ1) is 19.4. The summed E-state index contributed by atoms with van der Waals surface area (Å²) in [5.74, 6) is 0.792. The maximum atomic E-state index is 12.1. The normalized spacial score (nSPS) is 12.0. The van der Waals surface area contributed by atoms with Gasteiger partial charge in [-0.05, 0) is 43.3 Å². The van der Waals surface area contributed by atoms with Crippen LogP contribution >= 0.6 is 11.8 Å². The molecule has 0 aliphatic heterocycles. The van der Waals surface area contributed by atoms with Gasteiger partial charge in [0, 0.05) is 22.6 Å². The smallest absolute Gasteiger partial charge is 0.269 e. The molecule has 3 aromatic rings. The van der Waals surface area contributed by atoms with E-state index in [-0.39, 0.29) is 16.8 Å². The van der Waals surface area contributed by atoms with Crippen LogP contribution in [-0.2, 0) is 4.79 Å². The Hall–Kier alpha value is -3.39. The van der Waals surface area contributed by atoms with Gasteiger partial charge in [0.1, 0.15) is 11.5 Å². The molecule has 0 aliphatic carbocycles. The number of thioether (sulfide) groups is 1. The Morgan fingerprint density at radius 1 is 1.14 bits per heavy atom. The molecule has 1 N–H and O–H groups in total. The minimum atomic E-state index is -0.455. The summed E-state index contributed by atoms with van der Waals surface area (Å²) in [5, 5.41) is 14.3. The lowest BCUT2D eigenvalue weighted by Crippen LogP contribution is -2.26. The molecule has 3 rings (SSSR count). The molecule has 142 valence electrons. The van der Waals surface area contributed by atoms with E-state index >= 15 is 0 Å². The molecule has 1 heterocycles. The largest absolute Gasteiger partial charge is 0.455 e. The molecule has 1 atom stereocenters. The fourth-order valence-corrected chi connectivity index (χ4v) is 3.21. The average molecular weight is 395 g/mol. The van der Waals surface area contributed by atoms with Crippen LogP contribution in [0.15, 0.2) is 81.1 Å². The number of hydrogen-bond acceptors (Lipinski definition) is 6. The first-order valence-electron chi connectivity index (χ1n) is 8.42. The third kappa shape index (κ3) is 5.08. The number of carbonyl (C=O) groups is 1. The van der Waals surface area contributed by atoms with Crippen LogP contribution in [0.5, 0.6) is 0 Å². The van der Waals surface area contributed by atoms with Gasteiger partial charge < -0.3 is 4.42 Å². The van der Waals surface area contributed by atoms with E-state index in [2.05, 4.69) is 10.5 Å². The molecule has 0 unspecified atom stereocenters. The van der Waals surface area contributed by atoms with Crippen LogP contribution in [0.1, 0.15) is 12.7 Å². The molecule has 0 radical (unpaired) electrons. The molecule has 28 heavy (non-hydrogen) atoms. The van der Waals surface area contributed by atoms with Crippen molar-refractivity contribution in [2.24, 2.45) is 5.10 Å². The number of furan rings is 1. The Bertz CT molecular complexity index is 984. The van der Waals surface area contributed by atoms with Crippen molar-refractivity contribution in [1.29, 1.82) is 0 Å². The summed E-state index contributed by atoms with van der Waals surface area (Å²) in [7, 11) is 0. The van der Waals surface area contributed by atoms with Gasteiger partial charge in [-0.15, -0.1) is 11.8 Å². The first-order chi connectivity index (χ1) is 13.5. The number of nitrogens with zero attached hydrogens (tertiary/aromatic N) is 2. The van der Waals surface area contributed by atoms with Crippen LogP contribution in [0.2, 0.25) is 0 Å². The highest BCUT2D eigenvalue weighted by Crippen LogP contribution is 2.24. The molecule has 1 amide bonds. The van der Waals surface area contributed by atoms with Gasteiger partial charge >= 0.3 is 0 Å². The van der Waals surface area contributed by atoms with Crippen LogP contribution in [0.4, 0.5) is 5.69 Å². The number of hydrogen-bond donors (Lipinski definition) is 1. The molecule has 0 bridgehead atoms. The number of benzene rings is 2. The van der Waals surface area contributed by atoms with Gasteiger partial charge in [0.2, 0.25) is 0 Å². The molecule has 7 nitrogen and oxygen atoms in total. The molecule has 2 aromatic carbocycles. The van der Waals surface area contributed by atoms with E-state index in [1.54, 1.807) is 24.3 Å². The Balaban J connectivity index is 1.56. The maximum absolute atomic E-state index is 12.1. The van der Waals surface area contributed by atoms with Gasteiger partial charge in [-0.3, -0.25) is 14.9 Å². The number of rotatable bonds is 7. The zero-order valence-electron chi connectivity index (χ0n) is 14.9. The van der Waals surface area contributed by atoms with Crippen molar-refractivity contribution in [2.45, 2.75) is 17.1 Å². The quantitative estimate of drug-likeness (QED) is 0.275. The summed E-state index contributed by atoms with van der Waals surface area (Å²) < 4.78 is 5.63. The second kappa shape index (κ2) is 9.01. The average Bonchev–Trinajstić information content (AvgIpc) is 3.17. The van der Waals surface area contributed by atoms with E-state index in [0.29, 0.717) is 17.1 Å². The van der Waals surface area contributed by atoms with E-state index in [0.717, 1.165) is 4.90 Å². The maximum Gasteiger partial charge on any atom is 0.269 e. The van der Waals surface area contributed by atoms with Crippen LogP contribution in [0, 0.1) is 10.1 Å². The Kier molecular flexibility index (Phi) is 6.23. The van der Waals surface area contributed by atoms with Crippen LogP contribution in [-0.4, -0.2) is 22.3 Å². The van der Waals surface area contributed by atoms with Crippen molar-refractivity contribution in [3.8, 4) is 11.3 Å². The number of amides is 1. The predicted octanol–water partition coefficient (Wildman–Crippen LogP) is 4.49. The lowest BCUT2D eigenvalue weighted by Gasteiger charge is -2.08. The van der Waals surface area contributed by atoms with Crippen LogP contribution in [0.25, 0.3) is 11.3 Å². The molecule has 1 aromatic heterocycles. The van der Waals surface area contributed by atoms with Crippen molar-refractivity contribution in [3.05, 3.63) is 82.6 Å². The van der Waals surface area contributed by atoms with Gasteiger partial charge in [-0.25, -0.2) is 5.43 Å². The Morgan fingerprint density at radius 3 is 2.54 bits per heavy atom. The topological polar surface area (TPSA) is 97.7 Å². The minimum absolute atomic E-state index is 0.0160. The Labute approximate surface area is 165 Å². The minimum Gasteiger partial charge on any atom is -0.455 e. The fraction of sp³-hybridized carbons (Fsp3) is 0.100. The summed E-state index contributed by atoms with van der Waals surface area (Å²) >= 11 is 1.45. The van der Waals surface area contributed by atoms with Gasteiger partial charge in [-0.2, -0.15) is 5.10 Å². The van der Waals surface area contributed by atoms with Crippen LogP contribution in [0.3, 0.4) is 0 Å². The van der Waals surface area contributed by atoms with E-state index in [1.165, 1.54) is 30.1 Å². The highest BCUT2D eigenvalue weighted by Gasteiger charge is 2.13. The standard InChI is InChI=1S/C20H17N3O4S/c1-14(28-18-5-3-2-4-6-18)20(24)22-21-13-17-11-12-19(27-17)15-7-9-16(10-8-15)23(25)26/h2-14H,1H3,(H,22,24)/b21-13-/t14-/m1/s1. The van der Waals surface area contributed by atoms with Crippen molar-refractivity contribution in [1.82, 2.24) is 5.43 Å². The van der Waals surface area contributed by atoms with E-state index in [4.69, 9.17) is 4.42 Å². The van der Waals surface area contributed by atoms with E-state index in [9.17, 15) is 14.9 Å². The lowest BCUT2D eigenvalue weighted by molar-refractivity contribution is -0.384. The summed E-state index contributed by atoms with van der Waals surface area (Å²) in [6, 6.07) is 19.1. The molecule has 0 saturated heterocycles. The van der Waals surface area contributed by atoms with Crippen LogP contribution < -0.4 is 5.43 Å². The van der Waals surface area contributed by atoms with Crippen molar-refractivity contribution >= 4 is 29.6 Å². The summed E-state index contributed by atoms with van der Waals surface area (Å²) in [4.78, 5) is 23.4. The zero-order valence-corrected chi connectivity index (χ0v) is 15.8. The first-order valence-corrected chi connectivity index (χ1v) is 9.30. The monoisotopic (exact) mass is 395 g/mol. The predicted molar refractivity (Wildman–Crippen MR) is 108 cm³/mol. The van der Waals surface area contributed by atoms with Gasteiger partial charge in [0.25, 0.3) is 11.6 Å². The number of carbonyl (C=O) groups excluding carboxylic acids is 1. The highest BCUT2D eigenvalue weighted by atomic mass is 32.2. The molecule has 0 fully saturated rings. The third-order valence-electron chi connectivity index (χ3n) is 3.78. The fourth-order valence-electron chi connectivity index (χ4n) is 2.33. The molecule has 0 saturated carbocycles. The molecule has 0 spiro atoms. The number of nitrogens with one attached hydrogen (secondary N) is 1. The zero-order chi connectivity index (χ0) is 19.9. The molecule has 8 heteroatoms. The summed E-state index contributed by atoms with van der Waals surface area (Å²) in [6.45, 7) is 1.81. The van der Waals surface area contributed by atoms with Crippen molar-refractivity contribution < 1.29 is 14.1 Å². The van der Waals surface area contributed by atoms with Gasteiger partial charge in [-0.1, -0.05) is 18.2 Å². The van der Waals surface area contributed by atoms with E-state index in [1.807, 2.05) is 37.3 Å². The lowest BCUT2D eigenvalue weighted by atomic mass is 10.1. The Morgan fingerprint density at radius 2 is 1.86 bits per heavy atom. The third-order valence-corrected chi connectivity index (χ3v) is 4.89. The number of hydrazone groups is 1. The summed E-state index contributed by atoms with van der Waals surface area (Å²) in [6.07, 6.45) is 1.41. The number of nitro groups is 1. The second-order valence-corrected chi connectivity index (χ2v) is 7.23. The number of nitro benzene ring substituents is 1.